The van der Waals surface area contributed by atoms with Crippen LogP contribution in [0.3, 0.4) is 0 Å². The van der Waals surface area contributed by atoms with Crippen LogP contribution in [0.5, 0.6) is 0 Å². The number of hydroxylamine groups is 2. The number of hydrogen-bond acceptors (Lipinski definition) is 3. The van der Waals surface area contributed by atoms with Crippen molar-refractivity contribution in [2.24, 2.45) is 5.92 Å². The minimum absolute atomic E-state index is 0.0174. The van der Waals surface area contributed by atoms with Crippen molar-refractivity contribution in [1.29, 1.82) is 0 Å². The molecule has 0 rings (SSSR count). The van der Waals surface area contributed by atoms with Gasteiger partial charge in [-0.25, -0.2) is 0 Å². The Labute approximate surface area is 48.5 Å². The molecule has 46 valence electrons. The molecular weight excluding hydrogens is 106 g/mol. The van der Waals surface area contributed by atoms with E-state index in [0.717, 1.165) is 0 Å². The van der Waals surface area contributed by atoms with Crippen molar-refractivity contribution in [2.45, 2.75) is 6.92 Å². The van der Waals surface area contributed by atoms with Gasteiger partial charge in [0.2, 0.25) is 0 Å². The van der Waals surface area contributed by atoms with Gasteiger partial charge in [-0.1, -0.05) is 6.92 Å². The lowest BCUT2D eigenvalue weighted by atomic mass is 10.2. The second kappa shape index (κ2) is 3.44. The molecule has 3 heteroatoms. The molecule has 0 aromatic heterocycles. The normalized spacial score (nSPS) is 13.4. The Morgan fingerprint density at radius 1 is 2.00 bits per heavy atom. The van der Waals surface area contributed by atoms with Gasteiger partial charge >= 0.3 is 0 Å². The summed E-state index contributed by atoms with van der Waals surface area (Å²) >= 11 is 0. The van der Waals surface area contributed by atoms with Gasteiger partial charge in [-0.05, 0) is 0 Å². The Kier molecular flexibility index (Phi) is 3.20. The van der Waals surface area contributed by atoms with E-state index in [-0.39, 0.29) is 17.7 Å². The Bertz CT molecular complexity index is 95.1. The summed E-state index contributed by atoms with van der Waals surface area (Å²) in [5.74, 6) is 2.11. The summed E-state index contributed by atoms with van der Waals surface area (Å²) in [4.78, 5) is 0. The summed E-state index contributed by atoms with van der Waals surface area (Å²) in [7, 11) is 0. The first kappa shape index (κ1) is 7.44. The second-order valence-electron chi connectivity index (χ2n) is 1.60. The molecule has 3 nitrogen and oxygen atoms in total. The summed E-state index contributed by atoms with van der Waals surface area (Å²) in [6.07, 6.45) is 4.89. The van der Waals surface area contributed by atoms with E-state index >= 15 is 0 Å². The fraction of sp³-hybridized carbons (Fsp3) is 0.600. The number of rotatable bonds is 2. The topological polar surface area (TPSA) is 46.5 Å². The molecule has 0 fully saturated rings. The average molecular weight is 114 g/mol. The highest BCUT2D eigenvalue weighted by Crippen LogP contribution is 1.91. The first-order chi connectivity index (χ1) is 3.66. The van der Waals surface area contributed by atoms with Gasteiger partial charge < -0.3 is 10.4 Å². The lowest BCUT2D eigenvalue weighted by Gasteiger charge is -2.20. The van der Waals surface area contributed by atoms with E-state index in [1.165, 1.54) is 0 Å². The van der Waals surface area contributed by atoms with Crippen molar-refractivity contribution < 1.29 is 5.21 Å². The number of hydrogen-bond donors (Lipinski definition) is 1. The van der Waals surface area contributed by atoms with Crippen molar-refractivity contribution in [3.8, 4) is 12.3 Å². The van der Waals surface area contributed by atoms with E-state index in [1.807, 2.05) is 0 Å². The summed E-state index contributed by atoms with van der Waals surface area (Å²) in [6.45, 7) is 1.66. The van der Waals surface area contributed by atoms with Crippen LogP contribution in [0.15, 0.2) is 0 Å². The van der Waals surface area contributed by atoms with E-state index in [0.29, 0.717) is 0 Å². The molecule has 0 aromatic carbocycles. The van der Waals surface area contributed by atoms with Gasteiger partial charge in [-0.2, -0.15) is 0 Å². The first-order valence-electron chi connectivity index (χ1n) is 2.26. The molecule has 1 unspecified atom stereocenters. The highest BCUT2D eigenvalue weighted by molar-refractivity contribution is 4.90. The predicted octanol–water partition coefficient (Wildman–Crippen LogP) is 0.445. The zero-order chi connectivity index (χ0) is 6.57. The monoisotopic (exact) mass is 114 g/mol. The lowest BCUT2D eigenvalue weighted by Crippen LogP contribution is -2.17. The van der Waals surface area contributed by atoms with Crippen molar-refractivity contribution in [3.05, 3.63) is 5.21 Å². The lowest BCUT2D eigenvalue weighted by molar-refractivity contribution is -0.0459. The molecule has 0 saturated carbocycles. The van der Waals surface area contributed by atoms with Crippen LogP contribution in [-0.4, -0.2) is 17.0 Å². The molecule has 0 aliphatic rings. The molecular formula is C5H8NO2-. The molecule has 0 aliphatic heterocycles. The highest BCUT2D eigenvalue weighted by Gasteiger charge is 1.93. The van der Waals surface area contributed by atoms with Crippen molar-refractivity contribution in [1.82, 2.24) is 5.23 Å². The fourth-order valence-electron chi connectivity index (χ4n) is 0.287. The molecule has 0 heterocycles. The minimum atomic E-state index is -0.183. The highest BCUT2D eigenvalue weighted by atomic mass is 16.8. The third kappa shape index (κ3) is 3.62. The van der Waals surface area contributed by atoms with Crippen molar-refractivity contribution in [3.63, 3.8) is 0 Å². The molecule has 1 atom stereocenters. The van der Waals surface area contributed by atoms with Crippen LogP contribution in [0.1, 0.15) is 6.92 Å². The van der Waals surface area contributed by atoms with Crippen LogP contribution in [0.4, 0.5) is 0 Å². The summed E-state index contributed by atoms with van der Waals surface area (Å²) in [6, 6.07) is 0. The zero-order valence-electron chi connectivity index (χ0n) is 4.66. The average Bonchev–Trinajstić information content (AvgIpc) is 1.65. The molecule has 8 heavy (non-hydrogen) atoms. The fourth-order valence-corrected chi connectivity index (χ4v) is 0.287. The van der Waals surface area contributed by atoms with E-state index in [9.17, 15) is 5.21 Å². The van der Waals surface area contributed by atoms with E-state index < -0.39 is 0 Å². The van der Waals surface area contributed by atoms with Gasteiger partial charge in [0.15, 0.2) is 0 Å². The molecule has 0 radical (unpaired) electrons. The Hall–Kier alpha value is -0.560. The maximum Gasteiger partial charge on any atom is 0.0311 e. The van der Waals surface area contributed by atoms with Gasteiger partial charge in [0.25, 0.3) is 0 Å². The molecule has 0 saturated heterocycles. The molecule has 0 bridgehead atoms. The summed E-state index contributed by atoms with van der Waals surface area (Å²) in [5, 5.41) is 17.7. The third-order valence-corrected chi connectivity index (χ3v) is 0.715. The summed E-state index contributed by atoms with van der Waals surface area (Å²) in [5.41, 5.74) is 0. The molecule has 1 N–H and O–H groups in total. The molecule has 0 aromatic rings. The van der Waals surface area contributed by atoms with Gasteiger partial charge in [0.1, 0.15) is 0 Å². The van der Waals surface area contributed by atoms with Gasteiger partial charge in [0, 0.05) is 12.5 Å². The van der Waals surface area contributed by atoms with E-state index in [4.69, 9.17) is 11.6 Å². The van der Waals surface area contributed by atoms with Gasteiger partial charge in [0.05, 0.1) is 0 Å². The number of terminal acetylenes is 1. The van der Waals surface area contributed by atoms with Gasteiger partial charge in [-0.3, -0.25) is 5.23 Å². The third-order valence-electron chi connectivity index (χ3n) is 0.715. The van der Waals surface area contributed by atoms with Crippen LogP contribution in [0.25, 0.3) is 0 Å². The summed E-state index contributed by atoms with van der Waals surface area (Å²) < 4.78 is 0. The Morgan fingerprint density at radius 3 is 2.62 bits per heavy atom. The van der Waals surface area contributed by atoms with E-state index in [1.54, 1.807) is 6.92 Å². The first-order valence-corrected chi connectivity index (χ1v) is 2.26. The maximum absolute atomic E-state index is 9.79. The molecule has 0 spiro atoms. The predicted molar refractivity (Wildman–Crippen MR) is 29.9 cm³/mol. The Morgan fingerprint density at radius 2 is 2.50 bits per heavy atom. The van der Waals surface area contributed by atoms with Crippen LogP contribution >= 0.6 is 0 Å². The van der Waals surface area contributed by atoms with Crippen LogP contribution in [0.2, 0.25) is 0 Å². The molecule has 0 amide bonds. The van der Waals surface area contributed by atoms with Gasteiger partial charge in [-0.15, -0.1) is 12.3 Å². The van der Waals surface area contributed by atoms with E-state index in [2.05, 4.69) is 5.92 Å². The standard InChI is InChI=1S/C5H8NO2/c1-3-5(2)4-6(7)8/h1,5,7H,4H2,2H3/q-1. The quantitative estimate of drug-likeness (QED) is 0.418. The zero-order valence-corrected chi connectivity index (χ0v) is 4.66. The molecule has 0 aliphatic carbocycles. The maximum atomic E-state index is 9.79. The van der Waals surface area contributed by atoms with Crippen molar-refractivity contribution >= 4 is 0 Å². The number of nitrogens with zero attached hydrogens (tertiary/aromatic N) is 1. The van der Waals surface area contributed by atoms with Crippen LogP contribution < -0.4 is 0 Å². The van der Waals surface area contributed by atoms with Crippen molar-refractivity contribution in [2.75, 3.05) is 6.54 Å². The Balaban J connectivity index is 3.28. The SMILES string of the molecule is C#CC(C)CN([O-])O. The van der Waals surface area contributed by atoms with Crippen LogP contribution in [-0.2, 0) is 0 Å². The second-order valence-corrected chi connectivity index (χ2v) is 1.60. The largest absolute Gasteiger partial charge is 0.762 e. The minimum Gasteiger partial charge on any atom is -0.762 e. The smallest absolute Gasteiger partial charge is 0.0311 e. The van der Waals surface area contributed by atoms with Crippen LogP contribution in [0, 0.1) is 23.5 Å².